The fraction of sp³-hybridized carbons (Fsp3) is 0.471. The molecule has 1 fully saturated rings. The van der Waals surface area contributed by atoms with Crippen LogP contribution >= 0.6 is 11.3 Å². The second-order valence-electron chi connectivity index (χ2n) is 5.97. The van der Waals surface area contributed by atoms with Crippen molar-refractivity contribution in [1.82, 2.24) is 14.9 Å². The van der Waals surface area contributed by atoms with Gasteiger partial charge in [-0.3, -0.25) is 9.78 Å². The summed E-state index contributed by atoms with van der Waals surface area (Å²) in [5.41, 5.74) is 2.04. The topological polar surface area (TPSA) is 46.1 Å². The number of carbonyl (C=O) groups excluding carboxylic acids is 1. The predicted molar refractivity (Wildman–Crippen MR) is 88.6 cm³/mol. The number of thiazole rings is 1. The quantitative estimate of drug-likeness (QED) is 0.869. The molecule has 0 bridgehead atoms. The molecule has 0 N–H and O–H groups in total. The number of carbonyl (C=O) groups is 1. The second kappa shape index (κ2) is 7.01. The smallest absolute Gasteiger partial charge is 0.222 e. The minimum atomic E-state index is 0.266. The molecule has 1 unspecified atom stereocenters. The molecule has 116 valence electrons. The molecule has 22 heavy (non-hydrogen) atoms. The summed E-state index contributed by atoms with van der Waals surface area (Å²) in [6.07, 6.45) is 7.24. The van der Waals surface area contributed by atoms with Gasteiger partial charge in [0.2, 0.25) is 5.91 Å². The minimum absolute atomic E-state index is 0.266. The number of amides is 1. The van der Waals surface area contributed by atoms with Gasteiger partial charge in [-0.15, -0.1) is 11.3 Å². The van der Waals surface area contributed by atoms with E-state index in [-0.39, 0.29) is 5.91 Å². The van der Waals surface area contributed by atoms with Crippen molar-refractivity contribution in [2.24, 2.45) is 5.92 Å². The average Bonchev–Trinajstić information content (AvgIpc) is 3.02. The zero-order chi connectivity index (χ0) is 15.4. The van der Waals surface area contributed by atoms with Crippen LogP contribution in [0, 0.1) is 5.92 Å². The molecule has 5 heteroatoms. The highest BCUT2D eigenvalue weighted by atomic mass is 32.1. The molecule has 1 aliphatic rings. The van der Waals surface area contributed by atoms with Crippen LogP contribution in [0.5, 0.6) is 0 Å². The van der Waals surface area contributed by atoms with E-state index in [0.717, 1.165) is 42.2 Å². The SMILES string of the molecule is CC1CCCN(C(=O)CCc2csc(-c3cccnc3)n2)C1. The van der Waals surface area contributed by atoms with E-state index in [9.17, 15) is 4.79 Å². The van der Waals surface area contributed by atoms with Gasteiger partial charge in [-0.2, -0.15) is 0 Å². The lowest BCUT2D eigenvalue weighted by Gasteiger charge is -2.31. The Hall–Kier alpha value is -1.75. The van der Waals surface area contributed by atoms with Gasteiger partial charge in [-0.1, -0.05) is 6.92 Å². The standard InChI is InChI=1S/C17H21N3OS/c1-13-4-3-9-20(11-13)16(21)7-6-15-12-22-17(19-15)14-5-2-8-18-10-14/h2,5,8,10,12-13H,3-4,6-7,9,11H2,1H3. The molecule has 0 aliphatic carbocycles. The van der Waals surface area contributed by atoms with Gasteiger partial charge in [-0.05, 0) is 37.3 Å². The highest BCUT2D eigenvalue weighted by Crippen LogP contribution is 2.23. The Balaban J connectivity index is 1.56. The van der Waals surface area contributed by atoms with Gasteiger partial charge in [0.05, 0.1) is 5.69 Å². The van der Waals surface area contributed by atoms with Gasteiger partial charge >= 0.3 is 0 Å². The molecule has 1 atom stereocenters. The Morgan fingerprint density at radius 3 is 3.18 bits per heavy atom. The Bertz CT molecular complexity index is 626. The van der Waals surface area contributed by atoms with Crippen LogP contribution in [0.25, 0.3) is 10.6 Å². The van der Waals surface area contributed by atoms with E-state index in [1.54, 1.807) is 17.5 Å². The van der Waals surface area contributed by atoms with Crippen molar-refractivity contribution in [2.75, 3.05) is 13.1 Å². The van der Waals surface area contributed by atoms with Crippen molar-refractivity contribution in [3.63, 3.8) is 0 Å². The van der Waals surface area contributed by atoms with Crippen LogP contribution in [-0.2, 0) is 11.2 Å². The van der Waals surface area contributed by atoms with E-state index in [2.05, 4.69) is 22.3 Å². The van der Waals surface area contributed by atoms with Crippen molar-refractivity contribution in [3.8, 4) is 10.6 Å². The largest absolute Gasteiger partial charge is 0.342 e. The number of pyridine rings is 1. The van der Waals surface area contributed by atoms with Gasteiger partial charge in [0.1, 0.15) is 5.01 Å². The molecule has 0 aromatic carbocycles. The third kappa shape index (κ3) is 3.71. The predicted octanol–water partition coefficient (Wildman–Crippen LogP) is 3.40. The Morgan fingerprint density at radius 2 is 2.41 bits per heavy atom. The fourth-order valence-electron chi connectivity index (χ4n) is 2.85. The Morgan fingerprint density at radius 1 is 1.50 bits per heavy atom. The summed E-state index contributed by atoms with van der Waals surface area (Å²) in [5, 5.41) is 3.02. The first-order valence-corrected chi connectivity index (χ1v) is 8.73. The van der Waals surface area contributed by atoms with Crippen molar-refractivity contribution < 1.29 is 4.79 Å². The normalized spacial score (nSPS) is 18.4. The lowest BCUT2D eigenvalue weighted by atomic mass is 10.00. The van der Waals surface area contributed by atoms with Crippen LogP contribution in [0.15, 0.2) is 29.9 Å². The van der Waals surface area contributed by atoms with E-state index in [1.165, 1.54) is 6.42 Å². The number of likely N-dealkylation sites (tertiary alicyclic amines) is 1. The summed E-state index contributed by atoms with van der Waals surface area (Å²) < 4.78 is 0. The molecule has 1 aliphatic heterocycles. The highest BCUT2D eigenvalue weighted by molar-refractivity contribution is 7.13. The second-order valence-corrected chi connectivity index (χ2v) is 6.83. The first-order valence-electron chi connectivity index (χ1n) is 7.85. The molecule has 0 saturated carbocycles. The molecular weight excluding hydrogens is 294 g/mol. The van der Waals surface area contributed by atoms with Crippen LogP contribution in [0.3, 0.4) is 0 Å². The van der Waals surface area contributed by atoms with Crippen LogP contribution in [0.2, 0.25) is 0 Å². The van der Waals surface area contributed by atoms with Crippen LogP contribution in [-0.4, -0.2) is 33.9 Å². The first-order chi connectivity index (χ1) is 10.7. The van der Waals surface area contributed by atoms with Crippen LogP contribution in [0.4, 0.5) is 0 Å². The van der Waals surface area contributed by atoms with Crippen molar-refractivity contribution in [2.45, 2.75) is 32.6 Å². The molecule has 0 spiro atoms. The highest BCUT2D eigenvalue weighted by Gasteiger charge is 2.20. The molecule has 3 heterocycles. The average molecular weight is 315 g/mol. The van der Waals surface area contributed by atoms with Crippen molar-refractivity contribution >= 4 is 17.2 Å². The Kier molecular flexibility index (Phi) is 4.83. The van der Waals surface area contributed by atoms with Crippen LogP contribution < -0.4 is 0 Å². The van der Waals surface area contributed by atoms with E-state index < -0.39 is 0 Å². The lowest BCUT2D eigenvalue weighted by Crippen LogP contribution is -2.39. The number of hydrogen-bond acceptors (Lipinski definition) is 4. The minimum Gasteiger partial charge on any atom is -0.342 e. The monoisotopic (exact) mass is 315 g/mol. The summed E-state index contributed by atoms with van der Waals surface area (Å²) in [4.78, 5) is 23.0. The van der Waals surface area contributed by atoms with E-state index in [4.69, 9.17) is 0 Å². The zero-order valence-electron chi connectivity index (χ0n) is 12.9. The third-order valence-corrected chi connectivity index (χ3v) is 5.01. The molecule has 0 radical (unpaired) electrons. The van der Waals surface area contributed by atoms with E-state index >= 15 is 0 Å². The number of aromatic nitrogens is 2. The van der Waals surface area contributed by atoms with Crippen LogP contribution in [0.1, 0.15) is 31.9 Å². The molecule has 2 aromatic rings. The zero-order valence-corrected chi connectivity index (χ0v) is 13.7. The summed E-state index contributed by atoms with van der Waals surface area (Å²) in [6.45, 7) is 4.05. The van der Waals surface area contributed by atoms with Gasteiger partial charge in [-0.25, -0.2) is 4.98 Å². The Labute approximate surface area is 135 Å². The third-order valence-electron chi connectivity index (χ3n) is 4.06. The van der Waals surface area contributed by atoms with E-state index in [0.29, 0.717) is 12.3 Å². The molecule has 4 nitrogen and oxygen atoms in total. The van der Waals surface area contributed by atoms with E-state index in [1.807, 2.05) is 23.2 Å². The van der Waals surface area contributed by atoms with Crippen molar-refractivity contribution in [1.29, 1.82) is 0 Å². The lowest BCUT2D eigenvalue weighted by molar-refractivity contribution is -0.132. The summed E-state index contributed by atoms with van der Waals surface area (Å²) in [6, 6.07) is 3.92. The molecule has 3 rings (SSSR count). The maximum Gasteiger partial charge on any atom is 0.222 e. The summed E-state index contributed by atoms with van der Waals surface area (Å²) >= 11 is 1.61. The summed E-state index contributed by atoms with van der Waals surface area (Å²) in [5.74, 6) is 0.900. The van der Waals surface area contributed by atoms with Gasteiger partial charge < -0.3 is 4.90 Å². The summed E-state index contributed by atoms with van der Waals surface area (Å²) in [7, 11) is 0. The van der Waals surface area contributed by atoms with Gasteiger partial charge in [0, 0.05) is 42.8 Å². The molecule has 1 saturated heterocycles. The molecule has 1 amide bonds. The first kappa shape index (κ1) is 15.2. The number of rotatable bonds is 4. The number of nitrogens with zero attached hydrogens (tertiary/aromatic N) is 3. The maximum atomic E-state index is 12.3. The number of aryl methyl sites for hydroxylation is 1. The molecule has 2 aromatic heterocycles. The fourth-order valence-corrected chi connectivity index (χ4v) is 3.70. The number of hydrogen-bond donors (Lipinski definition) is 0. The van der Waals surface area contributed by atoms with Gasteiger partial charge in [0.15, 0.2) is 0 Å². The van der Waals surface area contributed by atoms with Gasteiger partial charge in [0.25, 0.3) is 0 Å². The number of piperidine rings is 1. The molecular formula is C17H21N3OS. The van der Waals surface area contributed by atoms with Crippen molar-refractivity contribution in [3.05, 3.63) is 35.6 Å². The maximum absolute atomic E-state index is 12.3.